The first kappa shape index (κ1) is 13.5. The Morgan fingerprint density at radius 1 is 1.39 bits per heavy atom. The third-order valence-electron chi connectivity index (χ3n) is 3.06. The zero-order valence-electron chi connectivity index (χ0n) is 11.3. The lowest BCUT2D eigenvalue weighted by Crippen LogP contribution is -2.17. The van der Waals surface area contributed by atoms with Crippen LogP contribution in [-0.4, -0.2) is 36.5 Å². The van der Waals surface area contributed by atoms with Crippen LogP contribution in [0.1, 0.15) is 38.0 Å². The van der Waals surface area contributed by atoms with Gasteiger partial charge in [0.1, 0.15) is 0 Å². The first-order valence-corrected chi connectivity index (χ1v) is 6.81. The average Bonchev–Trinajstić information content (AvgIpc) is 3.06. The lowest BCUT2D eigenvalue weighted by atomic mass is 10.1. The Kier molecular flexibility index (Phi) is 5.13. The van der Waals surface area contributed by atoms with E-state index in [1.165, 1.54) is 12.8 Å². The second-order valence-electron chi connectivity index (χ2n) is 5.19. The summed E-state index contributed by atoms with van der Waals surface area (Å²) in [7, 11) is 1.71. The van der Waals surface area contributed by atoms with Crippen molar-refractivity contribution in [3.63, 3.8) is 0 Å². The van der Waals surface area contributed by atoms with Gasteiger partial charge in [0, 0.05) is 32.6 Å². The van der Waals surface area contributed by atoms with Crippen LogP contribution >= 0.6 is 0 Å². The fourth-order valence-electron chi connectivity index (χ4n) is 1.95. The van der Waals surface area contributed by atoms with Gasteiger partial charge in [-0.1, -0.05) is 6.92 Å². The molecule has 0 radical (unpaired) electrons. The first-order valence-electron chi connectivity index (χ1n) is 6.81. The molecule has 0 aliphatic heterocycles. The number of methoxy groups -OCH3 is 1. The highest BCUT2D eigenvalue weighted by molar-refractivity contribution is 4.85. The van der Waals surface area contributed by atoms with Crippen molar-refractivity contribution in [1.29, 1.82) is 0 Å². The molecule has 1 aromatic heterocycles. The first-order chi connectivity index (χ1) is 8.78. The molecule has 1 fully saturated rings. The summed E-state index contributed by atoms with van der Waals surface area (Å²) in [5, 5.41) is 11.6. The molecular weight excluding hydrogens is 230 g/mol. The van der Waals surface area contributed by atoms with Crippen LogP contribution in [0.4, 0.5) is 0 Å². The van der Waals surface area contributed by atoms with Crippen molar-refractivity contribution >= 4 is 0 Å². The van der Waals surface area contributed by atoms with E-state index in [0.717, 1.165) is 50.2 Å². The van der Waals surface area contributed by atoms with Gasteiger partial charge in [-0.2, -0.15) is 0 Å². The third kappa shape index (κ3) is 4.74. The molecule has 1 aromatic rings. The molecule has 1 unspecified atom stereocenters. The molecule has 1 aliphatic carbocycles. The van der Waals surface area contributed by atoms with Gasteiger partial charge in [0.25, 0.3) is 0 Å². The van der Waals surface area contributed by atoms with Gasteiger partial charge in [-0.25, -0.2) is 0 Å². The van der Waals surface area contributed by atoms with Crippen LogP contribution < -0.4 is 5.32 Å². The molecule has 5 heteroatoms. The molecule has 2 rings (SSSR count). The highest BCUT2D eigenvalue weighted by Gasteiger charge is 2.19. The highest BCUT2D eigenvalue weighted by Crippen LogP contribution is 2.18. The molecule has 1 saturated carbocycles. The standard InChI is InChI=1S/C13H23N3O2/c1-10(9-17-2)8-13-16-15-12(18-13)4-3-7-14-11-5-6-11/h10-11,14H,3-9H2,1-2H3. The minimum atomic E-state index is 0.417. The number of ether oxygens (including phenoxy) is 1. The fraction of sp³-hybridized carbons (Fsp3) is 0.846. The molecule has 18 heavy (non-hydrogen) atoms. The van der Waals surface area contributed by atoms with Crippen molar-refractivity contribution in [2.75, 3.05) is 20.3 Å². The van der Waals surface area contributed by atoms with Crippen LogP contribution in [0, 0.1) is 5.92 Å². The molecule has 1 N–H and O–H groups in total. The fourth-order valence-corrected chi connectivity index (χ4v) is 1.95. The normalized spacial score (nSPS) is 17.0. The molecule has 1 aliphatic rings. The smallest absolute Gasteiger partial charge is 0.216 e. The summed E-state index contributed by atoms with van der Waals surface area (Å²) in [5.41, 5.74) is 0. The number of nitrogens with one attached hydrogen (secondary N) is 1. The summed E-state index contributed by atoms with van der Waals surface area (Å²) in [6.07, 6.45) is 5.39. The van der Waals surface area contributed by atoms with Crippen LogP contribution in [0.25, 0.3) is 0 Å². The van der Waals surface area contributed by atoms with E-state index < -0.39 is 0 Å². The Bertz CT molecular complexity index is 350. The molecule has 0 spiro atoms. The number of nitrogens with zero attached hydrogens (tertiary/aromatic N) is 2. The van der Waals surface area contributed by atoms with E-state index in [-0.39, 0.29) is 0 Å². The number of aryl methyl sites for hydroxylation is 1. The molecule has 0 aromatic carbocycles. The molecule has 1 heterocycles. The average molecular weight is 253 g/mol. The van der Waals surface area contributed by atoms with Crippen molar-refractivity contribution in [1.82, 2.24) is 15.5 Å². The second-order valence-corrected chi connectivity index (χ2v) is 5.19. The predicted molar refractivity (Wildman–Crippen MR) is 68.4 cm³/mol. The maximum atomic E-state index is 5.62. The number of hydrogen-bond acceptors (Lipinski definition) is 5. The summed E-state index contributed by atoms with van der Waals surface area (Å²) >= 11 is 0. The van der Waals surface area contributed by atoms with Gasteiger partial charge in [0.05, 0.1) is 0 Å². The Morgan fingerprint density at radius 2 is 2.17 bits per heavy atom. The Morgan fingerprint density at radius 3 is 2.89 bits per heavy atom. The minimum Gasteiger partial charge on any atom is -0.425 e. The van der Waals surface area contributed by atoms with Crippen molar-refractivity contribution in [2.24, 2.45) is 5.92 Å². The van der Waals surface area contributed by atoms with Gasteiger partial charge >= 0.3 is 0 Å². The lowest BCUT2D eigenvalue weighted by molar-refractivity contribution is 0.156. The predicted octanol–water partition coefficient (Wildman–Crippen LogP) is 1.58. The van der Waals surface area contributed by atoms with Gasteiger partial charge in [-0.05, 0) is 31.7 Å². The summed E-state index contributed by atoms with van der Waals surface area (Å²) in [4.78, 5) is 0. The lowest BCUT2D eigenvalue weighted by Gasteiger charge is -2.05. The van der Waals surface area contributed by atoms with Gasteiger partial charge in [0.2, 0.25) is 11.8 Å². The maximum absolute atomic E-state index is 5.62. The van der Waals surface area contributed by atoms with Gasteiger partial charge in [-0.3, -0.25) is 0 Å². The van der Waals surface area contributed by atoms with Crippen LogP contribution in [-0.2, 0) is 17.6 Å². The zero-order valence-corrected chi connectivity index (χ0v) is 11.3. The largest absolute Gasteiger partial charge is 0.425 e. The van der Waals surface area contributed by atoms with Crippen molar-refractivity contribution in [3.05, 3.63) is 11.8 Å². The molecular formula is C13H23N3O2. The Balaban J connectivity index is 1.64. The summed E-state index contributed by atoms with van der Waals surface area (Å²) < 4.78 is 10.7. The quantitative estimate of drug-likeness (QED) is 0.677. The van der Waals surface area contributed by atoms with Crippen LogP contribution in [0.3, 0.4) is 0 Å². The zero-order chi connectivity index (χ0) is 12.8. The molecule has 0 saturated heterocycles. The van der Waals surface area contributed by atoms with Gasteiger partial charge in [0.15, 0.2) is 0 Å². The van der Waals surface area contributed by atoms with Gasteiger partial charge < -0.3 is 14.5 Å². The molecule has 1 atom stereocenters. The van der Waals surface area contributed by atoms with Crippen molar-refractivity contribution < 1.29 is 9.15 Å². The summed E-state index contributed by atoms with van der Waals surface area (Å²) in [5.74, 6) is 1.90. The molecule has 0 bridgehead atoms. The summed E-state index contributed by atoms with van der Waals surface area (Å²) in [6.45, 7) is 3.89. The molecule has 5 nitrogen and oxygen atoms in total. The van der Waals surface area contributed by atoms with E-state index in [2.05, 4.69) is 22.4 Å². The van der Waals surface area contributed by atoms with Crippen LogP contribution in [0.5, 0.6) is 0 Å². The monoisotopic (exact) mass is 253 g/mol. The number of rotatable bonds is 9. The Labute approximate surface area is 108 Å². The van der Waals surface area contributed by atoms with Gasteiger partial charge in [-0.15, -0.1) is 10.2 Å². The molecule has 102 valence electrons. The van der Waals surface area contributed by atoms with E-state index in [0.29, 0.717) is 5.92 Å². The maximum Gasteiger partial charge on any atom is 0.216 e. The topological polar surface area (TPSA) is 60.2 Å². The highest BCUT2D eigenvalue weighted by atomic mass is 16.5. The van der Waals surface area contributed by atoms with E-state index in [1.54, 1.807) is 7.11 Å². The summed E-state index contributed by atoms with van der Waals surface area (Å²) in [6, 6.07) is 0.776. The molecule has 0 amide bonds. The van der Waals surface area contributed by atoms with E-state index >= 15 is 0 Å². The third-order valence-corrected chi connectivity index (χ3v) is 3.06. The Hall–Kier alpha value is -0.940. The number of aromatic nitrogens is 2. The minimum absolute atomic E-state index is 0.417. The number of hydrogen-bond donors (Lipinski definition) is 1. The van der Waals surface area contributed by atoms with E-state index in [4.69, 9.17) is 9.15 Å². The second kappa shape index (κ2) is 6.85. The van der Waals surface area contributed by atoms with E-state index in [9.17, 15) is 0 Å². The van der Waals surface area contributed by atoms with Crippen molar-refractivity contribution in [2.45, 2.75) is 45.1 Å². The SMILES string of the molecule is COCC(C)Cc1nnc(CCCNC2CC2)o1. The van der Waals surface area contributed by atoms with E-state index in [1.807, 2.05) is 0 Å². The van der Waals surface area contributed by atoms with Crippen LogP contribution in [0.2, 0.25) is 0 Å². The van der Waals surface area contributed by atoms with Crippen LogP contribution in [0.15, 0.2) is 4.42 Å². The van der Waals surface area contributed by atoms with Crippen molar-refractivity contribution in [3.8, 4) is 0 Å².